The molecule has 3 nitrogen and oxygen atoms in total. The molecular formula is C16H14O3. The second kappa shape index (κ2) is 4.76. The van der Waals surface area contributed by atoms with Gasteiger partial charge in [-0.15, -0.1) is 0 Å². The number of hydrogen-bond donors (Lipinski definition) is 0. The van der Waals surface area contributed by atoms with Crippen molar-refractivity contribution >= 4 is 11.9 Å². The summed E-state index contributed by atoms with van der Waals surface area (Å²) in [4.78, 5) is 12.1. The maximum Gasteiger partial charge on any atom is 0.185 e. The molecule has 0 aliphatic carbocycles. The summed E-state index contributed by atoms with van der Waals surface area (Å²) >= 11 is 0. The molecule has 3 rings (SSSR count). The molecule has 1 aliphatic heterocycles. The molecule has 1 atom stereocenters. The Morgan fingerprint density at radius 2 is 2.26 bits per heavy atom. The molecule has 0 N–H and O–H groups in total. The molecule has 0 saturated carbocycles. The van der Waals surface area contributed by atoms with E-state index in [2.05, 4.69) is 0 Å². The van der Waals surface area contributed by atoms with Crippen LogP contribution in [-0.2, 0) is 6.42 Å². The van der Waals surface area contributed by atoms with Gasteiger partial charge in [-0.25, -0.2) is 0 Å². The fourth-order valence-corrected chi connectivity index (χ4v) is 2.22. The number of ketones is 1. The van der Waals surface area contributed by atoms with Crippen LogP contribution < -0.4 is 4.74 Å². The van der Waals surface area contributed by atoms with Gasteiger partial charge in [-0.3, -0.25) is 4.79 Å². The normalized spacial score (nSPS) is 17.4. The Hall–Kier alpha value is -2.29. The van der Waals surface area contributed by atoms with Gasteiger partial charge in [-0.05, 0) is 55.0 Å². The molecule has 0 radical (unpaired) electrons. The van der Waals surface area contributed by atoms with Crippen molar-refractivity contribution in [3.05, 3.63) is 59.6 Å². The second-order valence-electron chi connectivity index (χ2n) is 4.67. The molecule has 0 amide bonds. The van der Waals surface area contributed by atoms with Crippen molar-refractivity contribution in [1.82, 2.24) is 0 Å². The SMILES string of the molecule is C[C@H]1Cc2cc(C(=O)/C=C/c3ccco3)ccc2O1. The predicted molar refractivity (Wildman–Crippen MR) is 72.3 cm³/mol. The Morgan fingerprint density at radius 1 is 1.37 bits per heavy atom. The van der Waals surface area contributed by atoms with Crippen molar-refractivity contribution in [3.63, 3.8) is 0 Å². The zero-order chi connectivity index (χ0) is 13.2. The first-order valence-corrected chi connectivity index (χ1v) is 6.28. The third kappa shape index (κ3) is 2.45. The van der Waals surface area contributed by atoms with Gasteiger partial charge >= 0.3 is 0 Å². The second-order valence-corrected chi connectivity index (χ2v) is 4.67. The third-order valence-corrected chi connectivity index (χ3v) is 3.12. The largest absolute Gasteiger partial charge is 0.490 e. The van der Waals surface area contributed by atoms with E-state index in [0.29, 0.717) is 11.3 Å². The molecule has 0 fully saturated rings. The number of furan rings is 1. The van der Waals surface area contributed by atoms with Crippen LogP contribution in [0.5, 0.6) is 5.75 Å². The Labute approximate surface area is 111 Å². The fourth-order valence-electron chi connectivity index (χ4n) is 2.22. The molecule has 1 aromatic carbocycles. The summed E-state index contributed by atoms with van der Waals surface area (Å²) in [6, 6.07) is 9.17. The molecule has 1 aromatic heterocycles. The van der Waals surface area contributed by atoms with Gasteiger partial charge in [0.15, 0.2) is 5.78 Å². The molecule has 0 saturated heterocycles. The van der Waals surface area contributed by atoms with E-state index in [-0.39, 0.29) is 11.9 Å². The first-order chi connectivity index (χ1) is 9.22. The predicted octanol–water partition coefficient (Wildman–Crippen LogP) is 3.50. The molecular weight excluding hydrogens is 240 g/mol. The summed E-state index contributed by atoms with van der Waals surface area (Å²) in [5.41, 5.74) is 1.78. The average Bonchev–Trinajstić information content (AvgIpc) is 3.02. The van der Waals surface area contributed by atoms with Crippen LogP contribution in [0.25, 0.3) is 6.08 Å². The number of allylic oxidation sites excluding steroid dienone is 1. The van der Waals surface area contributed by atoms with Crippen LogP contribution in [-0.4, -0.2) is 11.9 Å². The van der Waals surface area contributed by atoms with Crippen LogP contribution in [0.15, 0.2) is 47.1 Å². The van der Waals surface area contributed by atoms with Crippen molar-refractivity contribution in [1.29, 1.82) is 0 Å². The van der Waals surface area contributed by atoms with Crippen molar-refractivity contribution in [2.75, 3.05) is 0 Å². The van der Waals surface area contributed by atoms with E-state index in [4.69, 9.17) is 9.15 Å². The molecule has 1 aliphatic rings. The minimum atomic E-state index is -0.0289. The Morgan fingerprint density at radius 3 is 3.05 bits per heavy atom. The van der Waals surface area contributed by atoms with Gasteiger partial charge < -0.3 is 9.15 Å². The summed E-state index contributed by atoms with van der Waals surface area (Å²) in [6.07, 6.45) is 5.84. The van der Waals surface area contributed by atoms with Gasteiger partial charge in [0.05, 0.1) is 6.26 Å². The maximum atomic E-state index is 12.1. The number of ether oxygens (including phenoxy) is 1. The van der Waals surface area contributed by atoms with E-state index in [1.165, 1.54) is 6.08 Å². The number of fused-ring (bicyclic) bond motifs is 1. The van der Waals surface area contributed by atoms with Gasteiger partial charge in [-0.2, -0.15) is 0 Å². The molecule has 0 unspecified atom stereocenters. The van der Waals surface area contributed by atoms with E-state index in [9.17, 15) is 4.79 Å². The fraction of sp³-hybridized carbons (Fsp3) is 0.188. The molecule has 0 spiro atoms. The van der Waals surface area contributed by atoms with E-state index < -0.39 is 0 Å². The minimum Gasteiger partial charge on any atom is -0.490 e. The molecule has 19 heavy (non-hydrogen) atoms. The highest BCUT2D eigenvalue weighted by atomic mass is 16.5. The molecule has 2 aromatic rings. The Kier molecular flexibility index (Phi) is 2.95. The topological polar surface area (TPSA) is 39.4 Å². The van der Waals surface area contributed by atoms with Gasteiger partial charge in [0.2, 0.25) is 0 Å². The van der Waals surface area contributed by atoms with Crippen LogP contribution in [0.3, 0.4) is 0 Å². The first-order valence-electron chi connectivity index (χ1n) is 6.28. The van der Waals surface area contributed by atoms with Crippen LogP contribution in [0, 0.1) is 0 Å². The third-order valence-electron chi connectivity index (χ3n) is 3.12. The zero-order valence-electron chi connectivity index (χ0n) is 10.6. The molecule has 2 heterocycles. The quantitative estimate of drug-likeness (QED) is 0.621. The van der Waals surface area contributed by atoms with Crippen LogP contribution in [0.1, 0.15) is 28.6 Å². The lowest BCUT2D eigenvalue weighted by Gasteiger charge is -2.02. The monoisotopic (exact) mass is 254 g/mol. The van der Waals surface area contributed by atoms with Crippen LogP contribution in [0.2, 0.25) is 0 Å². The van der Waals surface area contributed by atoms with E-state index >= 15 is 0 Å². The summed E-state index contributed by atoms with van der Waals surface area (Å²) in [5.74, 6) is 1.53. The van der Waals surface area contributed by atoms with Crippen LogP contribution >= 0.6 is 0 Å². The average molecular weight is 254 g/mol. The lowest BCUT2D eigenvalue weighted by Crippen LogP contribution is -2.05. The van der Waals surface area contributed by atoms with E-state index in [1.54, 1.807) is 24.5 Å². The number of hydrogen-bond acceptors (Lipinski definition) is 3. The maximum absolute atomic E-state index is 12.1. The summed E-state index contributed by atoms with van der Waals surface area (Å²) in [7, 11) is 0. The van der Waals surface area contributed by atoms with E-state index in [0.717, 1.165) is 17.7 Å². The minimum absolute atomic E-state index is 0.0289. The highest BCUT2D eigenvalue weighted by molar-refractivity contribution is 6.06. The van der Waals surface area contributed by atoms with Gasteiger partial charge in [0, 0.05) is 12.0 Å². The smallest absolute Gasteiger partial charge is 0.185 e. The summed E-state index contributed by atoms with van der Waals surface area (Å²) in [5, 5.41) is 0. The standard InChI is InChI=1S/C16H14O3/c1-11-9-13-10-12(4-7-16(13)19-11)15(17)6-5-14-3-2-8-18-14/h2-8,10-11H,9H2,1H3/b6-5+/t11-/m0/s1. The summed E-state index contributed by atoms with van der Waals surface area (Å²) < 4.78 is 10.8. The highest BCUT2D eigenvalue weighted by Gasteiger charge is 2.19. The summed E-state index contributed by atoms with van der Waals surface area (Å²) in [6.45, 7) is 2.03. The van der Waals surface area contributed by atoms with Gasteiger partial charge in [-0.1, -0.05) is 0 Å². The number of benzene rings is 1. The highest BCUT2D eigenvalue weighted by Crippen LogP contribution is 2.29. The van der Waals surface area contributed by atoms with E-state index in [1.807, 2.05) is 25.1 Å². The van der Waals surface area contributed by atoms with Gasteiger partial charge in [0.25, 0.3) is 0 Å². The number of carbonyl (C=O) groups excluding carboxylic acids is 1. The zero-order valence-corrected chi connectivity index (χ0v) is 10.6. The van der Waals surface area contributed by atoms with Crippen LogP contribution in [0.4, 0.5) is 0 Å². The Balaban J connectivity index is 1.79. The van der Waals surface area contributed by atoms with Crippen molar-refractivity contribution < 1.29 is 13.9 Å². The molecule has 0 bridgehead atoms. The molecule has 96 valence electrons. The number of carbonyl (C=O) groups is 1. The first kappa shape index (κ1) is 11.8. The Bertz CT molecular complexity index is 623. The lowest BCUT2D eigenvalue weighted by molar-refractivity contribution is 0.104. The van der Waals surface area contributed by atoms with Crippen molar-refractivity contribution in [2.24, 2.45) is 0 Å². The van der Waals surface area contributed by atoms with Gasteiger partial charge in [0.1, 0.15) is 17.6 Å². The van der Waals surface area contributed by atoms with Crippen molar-refractivity contribution in [3.8, 4) is 5.75 Å². The number of rotatable bonds is 3. The molecule has 3 heteroatoms. The lowest BCUT2D eigenvalue weighted by atomic mass is 10.0. The van der Waals surface area contributed by atoms with Crippen molar-refractivity contribution in [2.45, 2.75) is 19.4 Å².